The van der Waals surface area contributed by atoms with Gasteiger partial charge in [-0.25, -0.2) is 4.98 Å². The van der Waals surface area contributed by atoms with Gasteiger partial charge in [0, 0.05) is 48.6 Å². The van der Waals surface area contributed by atoms with Crippen LogP contribution >= 0.6 is 11.3 Å². The van der Waals surface area contributed by atoms with E-state index in [1.165, 1.54) is 41.3 Å². The number of hydrogen-bond donors (Lipinski definition) is 0. The first kappa shape index (κ1) is 14.8. The Morgan fingerprint density at radius 3 is 2.58 bits per heavy atom. The average molecular weight is 341 g/mol. The third kappa shape index (κ3) is 2.93. The molecular weight excluding hydrogens is 318 g/mol. The van der Waals surface area contributed by atoms with Crippen LogP contribution in [0, 0.1) is 0 Å². The van der Waals surface area contributed by atoms with Crippen molar-refractivity contribution in [3.05, 3.63) is 33.9 Å². The number of anilines is 1. The Morgan fingerprint density at radius 2 is 1.92 bits per heavy atom. The highest BCUT2D eigenvalue weighted by molar-refractivity contribution is 7.11. The van der Waals surface area contributed by atoms with Gasteiger partial charge in [0.15, 0.2) is 5.82 Å². The molecule has 0 N–H and O–H groups in total. The van der Waals surface area contributed by atoms with Crippen molar-refractivity contribution >= 4 is 17.2 Å². The minimum Gasteiger partial charge on any atom is -0.352 e. The average Bonchev–Trinajstić information content (AvgIpc) is 3.46. The molecule has 0 amide bonds. The van der Waals surface area contributed by atoms with Gasteiger partial charge in [-0.15, -0.1) is 16.4 Å². The predicted octanol–water partition coefficient (Wildman–Crippen LogP) is 3.01. The number of thiazole rings is 1. The Kier molecular flexibility index (Phi) is 3.56. The topological polar surface area (TPSA) is 45.2 Å². The summed E-state index contributed by atoms with van der Waals surface area (Å²) in [6, 6.07) is 4.90. The molecule has 24 heavy (non-hydrogen) atoms. The molecule has 0 bridgehead atoms. The third-order valence-corrected chi connectivity index (χ3v) is 6.52. The summed E-state index contributed by atoms with van der Waals surface area (Å²) in [5.41, 5.74) is 1.17. The summed E-state index contributed by atoms with van der Waals surface area (Å²) >= 11 is 1.90. The van der Waals surface area contributed by atoms with Gasteiger partial charge in [-0.1, -0.05) is 0 Å². The standard InChI is InChI=1S/C18H23N5S/c1-22(11-15-8-19-18(24-15)13-4-5-13)14-9-23(10-14)17-7-6-16(20-21-17)12-2-3-12/h6-8,12-14H,2-5,9-11H2,1H3. The Balaban J connectivity index is 1.14. The van der Waals surface area contributed by atoms with Crippen LogP contribution in [0.25, 0.3) is 0 Å². The van der Waals surface area contributed by atoms with E-state index in [0.717, 1.165) is 31.4 Å². The molecule has 0 atom stereocenters. The van der Waals surface area contributed by atoms with Crippen LogP contribution in [-0.2, 0) is 6.54 Å². The van der Waals surface area contributed by atoms with Gasteiger partial charge in [0.1, 0.15) is 0 Å². The molecule has 0 radical (unpaired) electrons. The number of likely N-dealkylation sites (N-methyl/N-ethyl adjacent to an activating group) is 1. The largest absolute Gasteiger partial charge is 0.352 e. The highest BCUT2D eigenvalue weighted by Gasteiger charge is 2.32. The molecule has 3 aliphatic rings. The van der Waals surface area contributed by atoms with Crippen LogP contribution in [0.15, 0.2) is 18.3 Å². The fraction of sp³-hybridized carbons (Fsp3) is 0.611. The molecular formula is C18H23N5S. The lowest BCUT2D eigenvalue weighted by molar-refractivity contribution is 0.198. The number of aromatic nitrogens is 3. The van der Waals surface area contributed by atoms with E-state index in [9.17, 15) is 0 Å². The first-order valence-corrected chi connectivity index (χ1v) is 9.81. The Labute approximate surface area is 146 Å². The van der Waals surface area contributed by atoms with Gasteiger partial charge in [0.05, 0.1) is 10.7 Å². The van der Waals surface area contributed by atoms with Crippen LogP contribution in [0.3, 0.4) is 0 Å². The SMILES string of the molecule is CN(Cc1cnc(C2CC2)s1)C1CN(c2ccc(C3CC3)nn2)C1. The minimum absolute atomic E-state index is 0.599. The smallest absolute Gasteiger partial charge is 0.151 e. The maximum absolute atomic E-state index is 4.59. The van der Waals surface area contributed by atoms with Crippen LogP contribution < -0.4 is 4.90 Å². The van der Waals surface area contributed by atoms with Gasteiger partial charge in [-0.2, -0.15) is 5.10 Å². The van der Waals surface area contributed by atoms with Crippen molar-refractivity contribution in [2.45, 2.75) is 50.1 Å². The van der Waals surface area contributed by atoms with Crippen molar-refractivity contribution in [2.24, 2.45) is 0 Å². The molecule has 126 valence electrons. The highest BCUT2D eigenvalue weighted by atomic mass is 32.1. The van der Waals surface area contributed by atoms with E-state index in [2.05, 4.69) is 50.4 Å². The second kappa shape index (κ2) is 5.77. The molecule has 1 saturated heterocycles. The van der Waals surface area contributed by atoms with Crippen LogP contribution in [0.5, 0.6) is 0 Å². The molecule has 2 aromatic heterocycles. The Bertz CT molecular complexity index is 713. The van der Waals surface area contributed by atoms with Gasteiger partial charge in [-0.05, 0) is 44.9 Å². The number of nitrogens with zero attached hydrogens (tertiary/aromatic N) is 5. The van der Waals surface area contributed by atoms with Crippen LogP contribution in [0.1, 0.15) is 53.1 Å². The van der Waals surface area contributed by atoms with E-state index < -0.39 is 0 Å². The van der Waals surface area contributed by atoms with Gasteiger partial charge >= 0.3 is 0 Å². The van der Waals surface area contributed by atoms with Crippen molar-refractivity contribution in [1.82, 2.24) is 20.1 Å². The van der Waals surface area contributed by atoms with E-state index in [0.29, 0.717) is 12.0 Å². The molecule has 0 aromatic carbocycles. The van der Waals surface area contributed by atoms with E-state index in [1.54, 1.807) is 0 Å². The van der Waals surface area contributed by atoms with Crippen molar-refractivity contribution in [3.8, 4) is 0 Å². The lowest BCUT2D eigenvalue weighted by Crippen LogP contribution is -2.58. The van der Waals surface area contributed by atoms with E-state index in [1.807, 2.05) is 11.3 Å². The molecule has 3 heterocycles. The van der Waals surface area contributed by atoms with E-state index in [-0.39, 0.29) is 0 Å². The quantitative estimate of drug-likeness (QED) is 0.808. The molecule has 2 aromatic rings. The zero-order valence-corrected chi connectivity index (χ0v) is 14.9. The Morgan fingerprint density at radius 1 is 1.12 bits per heavy atom. The predicted molar refractivity (Wildman–Crippen MR) is 95.6 cm³/mol. The molecule has 5 nitrogen and oxygen atoms in total. The summed E-state index contributed by atoms with van der Waals surface area (Å²) in [5, 5.41) is 10.2. The zero-order valence-electron chi connectivity index (χ0n) is 14.1. The fourth-order valence-corrected chi connectivity index (χ4v) is 4.46. The summed E-state index contributed by atoms with van der Waals surface area (Å²) < 4.78 is 0. The van der Waals surface area contributed by atoms with Gasteiger partial charge in [-0.3, -0.25) is 4.90 Å². The van der Waals surface area contributed by atoms with Crippen molar-refractivity contribution < 1.29 is 0 Å². The first-order chi connectivity index (χ1) is 11.8. The minimum atomic E-state index is 0.599. The number of rotatable bonds is 6. The summed E-state index contributed by atoms with van der Waals surface area (Å²) in [6.07, 6.45) is 7.31. The summed E-state index contributed by atoms with van der Waals surface area (Å²) in [7, 11) is 2.22. The molecule has 5 rings (SSSR count). The zero-order chi connectivity index (χ0) is 16.1. The summed E-state index contributed by atoms with van der Waals surface area (Å²) in [6.45, 7) is 3.10. The summed E-state index contributed by atoms with van der Waals surface area (Å²) in [5.74, 6) is 2.48. The monoisotopic (exact) mass is 341 g/mol. The molecule has 2 aliphatic carbocycles. The molecule has 1 aliphatic heterocycles. The third-order valence-electron chi connectivity index (χ3n) is 5.38. The van der Waals surface area contributed by atoms with Gasteiger partial charge < -0.3 is 4.90 Å². The normalized spacial score (nSPS) is 21.3. The molecule has 6 heteroatoms. The molecule has 2 saturated carbocycles. The van der Waals surface area contributed by atoms with Crippen LogP contribution in [0.4, 0.5) is 5.82 Å². The maximum atomic E-state index is 4.59. The van der Waals surface area contributed by atoms with Crippen molar-refractivity contribution in [3.63, 3.8) is 0 Å². The maximum Gasteiger partial charge on any atom is 0.151 e. The number of hydrogen-bond acceptors (Lipinski definition) is 6. The van der Waals surface area contributed by atoms with Gasteiger partial charge in [0.25, 0.3) is 0 Å². The second-order valence-electron chi connectivity index (χ2n) is 7.50. The molecule has 0 spiro atoms. The Hall–Kier alpha value is -1.53. The van der Waals surface area contributed by atoms with Crippen molar-refractivity contribution in [2.75, 3.05) is 25.0 Å². The van der Waals surface area contributed by atoms with E-state index >= 15 is 0 Å². The highest BCUT2D eigenvalue weighted by Crippen LogP contribution is 2.42. The molecule has 3 fully saturated rings. The summed E-state index contributed by atoms with van der Waals surface area (Å²) in [4.78, 5) is 10.8. The second-order valence-corrected chi connectivity index (χ2v) is 8.65. The molecule has 0 unspecified atom stereocenters. The van der Waals surface area contributed by atoms with Crippen LogP contribution in [0.2, 0.25) is 0 Å². The van der Waals surface area contributed by atoms with E-state index in [4.69, 9.17) is 0 Å². The van der Waals surface area contributed by atoms with Crippen molar-refractivity contribution in [1.29, 1.82) is 0 Å². The lowest BCUT2D eigenvalue weighted by Gasteiger charge is -2.44. The first-order valence-electron chi connectivity index (χ1n) is 8.99. The fourth-order valence-electron chi connectivity index (χ4n) is 3.31. The van der Waals surface area contributed by atoms with Crippen LogP contribution in [-0.4, -0.2) is 46.3 Å². The van der Waals surface area contributed by atoms with Gasteiger partial charge in [0.2, 0.25) is 0 Å². The lowest BCUT2D eigenvalue weighted by atomic mass is 10.1.